The van der Waals surface area contributed by atoms with Gasteiger partial charge in [-0.2, -0.15) is 4.31 Å². The van der Waals surface area contributed by atoms with Crippen molar-refractivity contribution >= 4 is 37.3 Å². The van der Waals surface area contributed by atoms with Gasteiger partial charge in [0.15, 0.2) is 0 Å². The summed E-state index contributed by atoms with van der Waals surface area (Å²) in [6.07, 6.45) is 1.50. The molecule has 1 fully saturated rings. The zero-order chi connectivity index (χ0) is 13.6. The number of nitrogens with zero attached hydrogens (tertiary/aromatic N) is 1. The van der Waals surface area contributed by atoms with Crippen LogP contribution in [0.5, 0.6) is 0 Å². The number of aliphatic hydroxyl groups is 1. The predicted molar refractivity (Wildman–Crippen MR) is 75.4 cm³/mol. The molecule has 102 valence electrons. The summed E-state index contributed by atoms with van der Waals surface area (Å²) in [7, 11) is -3.43. The summed E-state index contributed by atoms with van der Waals surface area (Å²) < 4.78 is 27.1. The molecule has 18 heavy (non-hydrogen) atoms. The van der Waals surface area contributed by atoms with Crippen LogP contribution in [0.3, 0.4) is 0 Å². The minimum Gasteiger partial charge on any atom is -0.387 e. The van der Waals surface area contributed by atoms with Gasteiger partial charge in [0.2, 0.25) is 0 Å². The Morgan fingerprint density at radius 1 is 1.56 bits per heavy atom. The van der Waals surface area contributed by atoms with Crippen molar-refractivity contribution in [3.63, 3.8) is 0 Å². The third-order valence-corrected chi connectivity index (χ3v) is 7.46. The van der Waals surface area contributed by atoms with Gasteiger partial charge < -0.3 is 5.11 Å². The average Bonchev–Trinajstić information content (AvgIpc) is 2.56. The number of thiophene rings is 1. The van der Waals surface area contributed by atoms with Gasteiger partial charge in [-0.05, 0) is 40.9 Å². The second kappa shape index (κ2) is 4.86. The van der Waals surface area contributed by atoms with Crippen molar-refractivity contribution < 1.29 is 13.5 Å². The van der Waals surface area contributed by atoms with Gasteiger partial charge in [-0.25, -0.2) is 8.42 Å². The molecule has 0 unspecified atom stereocenters. The summed E-state index contributed by atoms with van der Waals surface area (Å²) in [5.74, 6) is 0. The second-order valence-corrected chi connectivity index (χ2v) is 9.30. The highest BCUT2D eigenvalue weighted by molar-refractivity contribution is 9.11. The lowest BCUT2D eigenvalue weighted by Crippen LogP contribution is -2.63. The van der Waals surface area contributed by atoms with Crippen molar-refractivity contribution in [2.75, 3.05) is 13.1 Å². The fourth-order valence-corrected chi connectivity index (χ4v) is 6.07. The third kappa shape index (κ3) is 2.51. The summed E-state index contributed by atoms with van der Waals surface area (Å²) in [5.41, 5.74) is 0.0913. The van der Waals surface area contributed by atoms with Crippen LogP contribution in [0.25, 0.3) is 0 Å². The highest BCUT2D eigenvalue weighted by Crippen LogP contribution is 2.36. The van der Waals surface area contributed by atoms with Crippen LogP contribution in [0.15, 0.2) is 14.1 Å². The van der Waals surface area contributed by atoms with Crippen LogP contribution in [0.4, 0.5) is 0 Å². The maximum atomic E-state index is 12.3. The number of β-amino-alcohol motifs (C(OH)–C–C–N with tert-alkyl or cyclic N) is 1. The Bertz CT molecular complexity index is 527. The lowest BCUT2D eigenvalue weighted by Gasteiger charge is -2.45. The molecule has 0 bridgehead atoms. The quantitative estimate of drug-likeness (QED) is 0.903. The summed E-state index contributed by atoms with van der Waals surface area (Å²) >= 11 is 4.55. The fourth-order valence-electron chi connectivity index (χ4n) is 2.09. The van der Waals surface area contributed by atoms with Crippen molar-refractivity contribution in [2.45, 2.75) is 36.5 Å². The van der Waals surface area contributed by atoms with E-state index in [1.54, 1.807) is 6.07 Å². The third-order valence-electron chi connectivity index (χ3n) is 3.09. The maximum Gasteiger partial charge on any atom is 0.252 e. The zero-order valence-corrected chi connectivity index (χ0v) is 13.5. The predicted octanol–water partition coefficient (Wildman–Crippen LogP) is 2.35. The molecule has 1 saturated heterocycles. The molecule has 2 heterocycles. The summed E-state index contributed by atoms with van der Waals surface area (Å²) in [6, 6.07) is 1.67. The number of hydrogen-bond donors (Lipinski definition) is 1. The van der Waals surface area contributed by atoms with Crippen molar-refractivity contribution in [1.29, 1.82) is 0 Å². The minimum atomic E-state index is -3.43. The van der Waals surface area contributed by atoms with Crippen LogP contribution < -0.4 is 0 Å². The van der Waals surface area contributed by atoms with Gasteiger partial charge in [-0.15, -0.1) is 11.3 Å². The number of rotatable bonds is 4. The van der Waals surface area contributed by atoms with Gasteiger partial charge in [0.05, 0.1) is 9.39 Å². The van der Waals surface area contributed by atoms with Crippen LogP contribution >= 0.6 is 27.3 Å². The van der Waals surface area contributed by atoms with Crippen molar-refractivity contribution in [3.8, 4) is 0 Å². The highest BCUT2D eigenvalue weighted by Gasteiger charge is 2.46. The molecule has 0 amide bonds. The minimum absolute atomic E-state index is 0.206. The van der Waals surface area contributed by atoms with Crippen LogP contribution in [-0.4, -0.2) is 36.5 Å². The van der Waals surface area contributed by atoms with Gasteiger partial charge in [0.1, 0.15) is 4.21 Å². The molecule has 1 aromatic heterocycles. The highest BCUT2D eigenvalue weighted by atomic mass is 79.9. The van der Waals surface area contributed by atoms with Crippen molar-refractivity contribution in [1.82, 2.24) is 4.31 Å². The largest absolute Gasteiger partial charge is 0.387 e. The van der Waals surface area contributed by atoms with Crippen LogP contribution in [0, 0.1) is 6.92 Å². The first-order valence-electron chi connectivity index (χ1n) is 5.77. The molecule has 0 spiro atoms. The topological polar surface area (TPSA) is 57.6 Å². The molecule has 1 aliphatic rings. The monoisotopic (exact) mass is 353 g/mol. The van der Waals surface area contributed by atoms with Crippen LogP contribution in [-0.2, 0) is 10.0 Å². The van der Waals surface area contributed by atoms with Gasteiger partial charge in [0.25, 0.3) is 10.0 Å². The molecule has 0 aliphatic carbocycles. The van der Waals surface area contributed by atoms with Gasteiger partial charge in [0, 0.05) is 13.1 Å². The molecule has 1 N–H and O–H groups in total. The molecule has 1 aromatic rings. The Morgan fingerprint density at radius 2 is 2.17 bits per heavy atom. The standard InChI is InChI=1S/C11H16BrNO3S2/c1-3-4-11(14)6-13(7-11)18(15,16)9-5-8(2)10(12)17-9/h5,14H,3-4,6-7H2,1-2H3. The Hall–Kier alpha value is 0.0500. The molecular weight excluding hydrogens is 338 g/mol. The molecular formula is C11H16BrNO3S2. The summed E-state index contributed by atoms with van der Waals surface area (Å²) in [4.78, 5) is 0. The van der Waals surface area contributed by atoms with Crippen LogP contribution in [0.1, 0.15) is 25.3 Å². The maximum absolute atomic E-state index is 12.3. The van der Waals surface area contributed by atoms with E-state index in [1.165, 1.54) is 15.6 Å². The molecule has 0 radical (unpaired) electrons. The molecule has 2 rings (SSSR count). The van der Waals surface area contributed by atoms with Crippen molar-refractivity contribution in [3.05, 3.63) is 15.4 Å². The van der Waals surface area contributed by atoms with Gasteiger partial charge >= 0.3 is 0 Å². The van der Waals surface area contributed by atoms with Gasteiger partial charge in [-0.1, -0.05) is 13.3 Å². The summed E-state index contributed by atoms with van der Waals surface area (Å²) in [6.45, 7) is 4.26. The van der Waals surface area contributed by atoms with E-state index < -0.39 is 15.6 Å². The lowest BCUT2D eigenvalue weighted by molar-refractivity contribution is -0.0652. The Morgan fingerprint density at radius 3 is 2.61 bits per heavy atom. The first-order chi connectivity index (χ1) is 8.28. The number of aryl methyl sites for hydroxylation is 1. The van der Waals surface area contributed by atoms with E-state index in [2.05, 4.69) is 15.9 Å². The van der Waals surface area contributed by atoms with Crippen LogP contribution in [0.2, 0.25) is 0 Å². The number of sulfonamides is 1. The Kier molecular flexibility index (Phi) is 3.91. The zero-order valence-electron chi connectivity index (χ0n) is 10.3. The second-order valence-electron chi connectivity index (χ2n) is 4.77. The normalized spacial score (nSPS) is 19.8. The first-order valence-corrected chi connectivity index (χ1v) is 8.82. The molecule has 4 nitrogen and oxygen atoms in total. The fraction of sp³-hybridized carbons (Fsp3) is 0.636. The first kappa shape index (κ1) is 14.5. The smallest absolute Gasteiger partial charge is 0.252 e. The molecule has 0 saturated carbocycles. The molecule has 1 aliphatic heterocycles. The van der Waals surface area contributed by atoms with E-state index in [9.17, 15) is 13.5 Å². The van der Waals surface area contributed by atoms with E-state index >= 15 is 0 Å². The molecule has 0 aromatic carbocycles. The molecule has 7 heteroatoms. The SMILES string of the molecule is CCCC1(O)CN(S(=O)(=O)c2cc(C)c(Br)s2)C1. The number of hydrogen-bond acceptors (Lipinski definition) is 4. The van der Waals surface area contributed by atoms with E-state index in [1.807, 2.05) is 13.8 Å². The van der Waals surface area contributed by atoms with E-state index in [0.717, 1.165) is 15.8 Å². The Labute approximate surface area is 120 Å². The Balaban J connectivity index is 2.15. The lowest BCUT2D eigenvalue weighted by atomic mass is 9.92. The summed E-state index contributed by atoms with van der Waals surface area (Å²) in [5, 5.41) is 10.0. The van der Waals surface area contributed by atoms with E-state index in [-0.39, 0.29) is 13.1 Å². The van der Waals surface area contributed by atoms with Gasteiger partial charge in [-0.3, -0.25) is 0 Å². The number of halogens is 1. The van der Waals surface area contributed by atoms with Crippen molar-refractivity contribution in [2.24, 2.45) is 0 Å². The van der Waals surface area contributed by atoms with E-state index in [0.29, 0.717) is 10.6 Å². The molecule has 0 atom stereocenters. The van der Waals surface area contributed by atoms with E-state index in [4.69, 9.17) is 0 Å². The average molecular weight is 354 g/mol.